The van der Waals surface area contributed by atoms with E-state index in [0.29, 0.717) is 6.54 Å². The zero-order valence-corrected chi connectivity index (χ0v) is 7.70. The van der Waals surface area contributed by atoms with E-state index in [0.717, 1.165) is 16.9 Å². The highest BCUT2D eigenvalue weighted by Crippen LogP contribution is 2.19. The second-order valence-electron chi connectivity index (χ2n) is 2.71. The van der Waals surface area contributed by atoms with Crippen LogP contribution in [0.15, 0.2) is 23.2 Å². The first-order valence-electron chi connectivity index (χ1n) is 3.95. The summed E-state index contributed by atoms with van der Waals surface area (Å²) in [6, 6.07) is 5.73. The van der Waals surface area contributed by atoms with Crippen LogP contribution in [0.25, 0.3) is 0 Å². The van der Waals surface area contributed by atoms with Crippen LogP contribution in [0.3, 0.4) is 0 Å². The lowest BCUT2D eigenvalue weighted by Gasteiger charge is -2.05. The van der Waals surface area contributed by atoms with Gasteiger partial charge >= 0.3 is 0 Å². The van der Waals surface area contributed by atoms with E-state index in [9.17, 15) is 4.79 Å². The summed E-state index contributed by atoms with van der Waals surface area (Å²) in [5, 5.41) is 0. The fraction of sp³-hybridized carbons (Fsp3) is 0.300. The number of rotatable bonds is 3. The maximum Gasteiger partial charge on any atom is 0.235 e. The molecule has 0 atom stereocenters. The quantitative estimate of drug-likeness (QED) is 0.522. The van der Waals surface area contributed by atoms with Crippen LogP contribution in [0.4, 0.5) is 0 Å². The van der Waals surface area contributed by atoms with Gasteiger partial charge in [-0.15, -0.1) is 0 Å². The van der Waals surface area contributed by atoms with Gasteiger partial charge in [0.2, 0.25) is 6.08 Å². The molecule has 3 heteroatoms. The van der Waals surface area contributed by atoms with Gasteiger partial charge < -0.3 is 4.74 Å². The van der Waals surface area contributed by atoms with Gasteiger partial charge in [0.15, 0.2) is 0 Å². The topological polar surface area (TPSA) is 38.7 Å². The van der Waals surface area contributed by atoms with E-state index in [4.69, 9.17) is 4.74 Å². The Morgan fingerprint density at radius 3 is 2.92 bits per heavy atom. The minimum absolute atomic E-state index is 0.361. The number of ether oxygens (including phenoxy) is 1. The van der Waals surface area contributed by atoms with Crippen molar-refractivity contribution in [2.45, 2.75) is 13.5 Å². The molecule has 0 aliphatic carbocycles. The number of methoxy groups -OCH3 is 1. The average molecular weight is 177 g/mol. The van der Waals surface area contributed by atoms with Gasteiger partial charge in [-0.3, -0.25) is 0 Å². The van der Waals surface area contributed by atoms with Crippen LogP contribution in [0, 0.1) is 6.92 Å². The predicted octanol–water partition coefficient (Wildman–Crippen LogP) is 1.84. The van der Waals surface area contributed by atoms with Crippen LogP contribution in [0.5, 0.6) is 5.75 Å². The zero-order valence-electron chi connectivity index (χ0n) is 7.70. The molecule has 0 heterocycles. The summed E-state index contributed by atoms with van der Waals surface area (Å²) in [7, 11) is 1.62. The molecule has 3 nitrogen and oxygen atoms in total. The molecule has 0 radical (unpaired) electrons. The monoisotopic (exact) mass is 177 g/mol. The largest absolute Gasteiger partial charge is 0.496 e. The summed E-state index contributed by atoms with van der Waals surface area (Å²) >= 11 is 0. The molecule has 0 saturated heterocycles. The number of hydrogen-bond acceptors (Lipinski definition) is 3. The van der Waals surface area contributed by atoms with Crippen LogP contribution in [0.1, 0.15) is 11.1 Å². The fourth-order valence-electron chi connectivity index (χ4n) is 1.09. The average Bonchev–Trinajstić information content (AvgIpc) is 2.16. The summed E-state index contributed by atoms with van der Waals surface area (Å²) in [5.41, 5.74) is 2.02. The van der Waals surface area contributed by atoms with Gasteiger partial charge in [-0.2, -0.15) is 0 Å². The number of carbonyl (C=O) groups excluding carboxylic acids is 1. The van der Waals surface area contributed by atoms with Crippen LogP contribution in [0.2, 0.25) is 0 Å². The Morgan fingerprint density at radius 2 is 2.31 bits per heavy atom. The van der Waals surface area contributed by atoms with Crippen LogP contribution >= 0.6 is 0 Å². The Bertz CT molecular complexity index is 341. The van der Waals surface area contributed by atoms with Crippen molar-refractivity contribution in [1.82, 2.24) is 0 Å². The molecular weight excluding hydrogens is 166 g/mol. The minimum atomic E-state index is 0.361. The van der Waals surface area contributed by atoms with Crippen molar-refractivity contribution in [2.24, 2.45) is 4.99 Å². The van der Waals surface area contributed by atoms with E-state index < -0.39 is 0 Å². The molecular formula is C10H11NO2. The molecule has 0 aliphatic rings. The molecule has 0 saturated carbocycles. The second-order valence-corrected chi connectivity index (χ2v) is 2.71. The molecule has 1 aromatic carbocycles. The molecule has 0 unspecified atom stereocenters. The summed E-state index contributed by atoms with van der Waals surface area (Å²) in [5.74, 6) is 0.818. The summed E-state index contributed by atoms with van der Waals surface area (Å²) in [6.07, 6.45) is 1.50. The maximum absolute atomic E-state index is 9.88. The normalized spacial score (nSPS) is 9.08. The highest BCUT2D eigenvalue weighted by atomic mass is 16.5. The lowest BCUT2D eigenvalue weighted by atomic mass is 10.1. The lowest BCUT2D eigenvalue weighted by molar-refractivity contribution is 0.411. The van der Waals surface area contributed by atoms with Crippen molar-refractivity contribution in [3.63, 3.8) is 0 Å². The summed E-state index contributed by atoms with van der Waals surface area (Å²) in [4.78, 5) is 13.4. The number of benzene rings is 1. The number of isocyanates is 1. The smallest absolute Gasteiger partial charge is 0.235 e. The summed E-state index contributed by atoms with van der Waals surface area (Å²) in [6.45, 7) is 2.33. The molecule has 0 amide bonds. The Balaban J connectivity index is 2.92. The SMILES string of the molecule is COc1cc(CN=C=O)ccc1C. The van der Waals surface area contributed by atoms with Gasteiger partial charge in [-0.1, -0.05) is 12.1 Å². The number of hydrogen-bond donors (Lipinski definition) is 0. The molecule has 68 valence electrons. The fourth-order valence-corrected chi connectivity index (χ4v) is 1.09. The predicted molar refractivity (Wildman–Crippen MR) is 49.6 cm³/mol. The van der Waals surface area contributed by atoms with Crippen molar-refractivity contribution in [3.05, 3.63) is 29.3 Å². The van der Waals surface area contributed by atoms with Crippen LogP contribution in [-0.4, -0.2) is 13.2 Å². The molecule has 1 rings (SSSR count). The van der Waals surface area contributed by atoms with Crippen molar-refractivity contribution < 1.29 is 9.53 Å². The molecule has 0 N–H and O–H groups in total. The highest BCUT2D eigenvalue weighted by Gasteiger charge is 1.98. The van der Waals surface area contributed by atoms with Gasteiger partial charge in [-0.05, 0) is 24.1 Å². The Hall–Kier alpha value is -1.60. The molecule has 1 aromatic rings. The maximum atomic E-state index is 9.88. The van der Waals surface area contributed by atoms with Gasteiger partial charge in [0.05, 0.1) is 13.7 Å². The number of nitrogens with zero attached hydrogens (tertiary/aromatic N) is 1. The van der Waals surface area contributed by atoms with E-state index in [-0.39, 0.29) is 0 Å². The van der Waals surface area contributed by atoms with Crippen molar-refractivity contribution in [1.29, 1.82) is 0 Å². The van der Waals surface area contributed by atoms with Gasteiger partial charge in [0.25, 0.3) is 0 Å². The minimum Gasteiger partial charge on any atom is -0.496 e. The lowest BCUT2D eigenvalue weighted by Crippen LogP contribution is -1.89. The molecule has 0 bridgehead atoms. The number of aryl methyl sites for hydroxylation is 1. The third kappa shape index (κ3) is 2.42. The van der Waals surface area contributed by atoms with Crippen molar-refractivity contribution in [2.75, 3.05) is 7.11 Å². The van der Waals surface area contributed by atoms with Gasteiger partial charge in [0, 0.05) is 0 Å². The van der Waals surface area contributed by atoms with Gasteiger partial charge in [-0.25, -0.2) is 9.79 Å². The van der Waals surface area contributed by atoms with E-state index in [1.807, 2.05) is 25.1 Å². The van der Waals surface area contributed by atoms with E-state index in [1.54, 1.807) is 7.11 Å². The molecule has 0 fully saturated rings. The molecule has 13 heavy (non-hydrogen) atoms. The first-order chi connectivity index (χ1) is 6.27. The third-order valence-corrected chi connectivity index (χ3v) is 1.80. The number of aliphatic imine (C=N–C) groups is 1. The Labute approximate surface area is 77.1 Å². The van der Waals surface area contributed by atoms with E-state index >= 15 is 0 Å². The first kappa shape index (κ1) is 9.49. The Morgan fingerprint density at radius 1 is 1.54 bits per heavy atom. The van der Waals surface area contributed by atoms with Crippen LogP contribution < -0.4 is 4.74 Å². The zero-order chi connectivity index (χ0) is 9.68. The summed E-state index contributed by atoms with van der Waals surface area (Å²) < 4.78 is 5.13. The van der Waals surface area contributed by atoms with Crippen molar-refractivity contribution in [3.8, 4) is 5.75 Å². The second kappa shape index (κ2) is 4.43. The van der Waals surface area contributed by atoms with Crippen LogP contribution in [-0.2, 0) is 11.3 Å². The highest BCUT2D eigenvalue weighted by molar-refractivity contribution is 5.38. The van der Waals surface area contributed by atoms with Crippen molar-refractivity contribution >= 4 is 6.08 Å². The first-order valence-corrected chi connectivity index (χ1v) is 3.95. The Kier molecular flexibility index (Phi) is 3.23. The van der Waals surface area contributed by atoms with Gasteiger partial charge in [0.1, 0.15) is 5.75 Å². The standard InChI is InChI=1S/C10H11NO2/c1-8-3-4-9(6-11-7-12)5-10(8)13-2/h3-5H,6H2,1-2H3. The molecule has 0 aliphatic heterocycles. The van der Waals surface area contributed by atoms with E-state index in [1.165, 1.54) is 6.08 Å². The van der Waals surface area contributed by atoms with E-state index in [2.05, 4.69) is 4.99 Å². The molecule has 0 aromatic heterocycles. The third-order valence-electron chi connectivity index (χ3n) is 1.80. The molecule has 0 spiro atoms.